The third-order valence-corrected chi connectivity index (χ3v) is 4.68. The van der Waals surface area contributed by atoms with Gasteiger partial charge in [0.2, 0.25) is 11.8 Å². The van der Waals surface area contributed by atoms with Gasteiger partial charge in [-0.3, -0.25) is 14.5 Å². The molecule has 4 amide bonds. The number of halogens is 1. The molecular formula is C16H18ClN3O3. The van der Waals surface area contributed by atoms with E-state index < -0.39 is 6.03 Å². The molecule has 122 valence electrons. The van der Waals surface area contributed by atoms with Crippen LogP contribution in [0, 0.1) is 0 Å². The van der Waals surface area contributed by atoms with Gasteiger partial charge in [-0.05, 0) is 18.1 Å². The molecule has 0 saturated carbocycles. The van der Waals surface area contributed by atoms with E-state index in [9.17, 15) is 14.4 Å². The Labute approximate surface area is 139 Å². The zero-order chi connectivity index (χ0) is 16.4. The zero-order valence-electron chi connectivity index (χ0n) is 12.6. The van der Waals surface area contributed by atoms with Crippen molar-refractivity contribution in [1.82, 2.24) is 15.1 Å². The predicted molar refractivity (Wildman–Crippen MR) is 85.1 cm³/mol. The van der Waals surface area contributed by atoms with Crippen LogP contribution in [-0.2, 0) is 9.59 Å². The van der Waals surface area contributed by atoms with Gasteiger partial charge in [0.15, 0.2) is 0 Å². The summed E-state index contributed by atoms with van der Waals surface area (Å²) in [6, 6.07) is 7.14. The van der Waals surface area contributed by atoms with Crippen molar-refractivity contribution in [3.8, 4) is 0 Å². The monoisotopic (exact) mass is 335 g/mol. The third-order valence-electron chi connectivity index (χ3n) is 4.34. The zero-order valence-corrected chi connectivity index (χ0v) is 13.4. The van der Waals surface area contributed by atoms with E-state index in [2.05, 4.69) is 5.32 Å². The molecule has 2 aliphatic rings. The van der Waals surface area contributed by atoms with Crippen molar-refractivity contribution in [2.75, 3.05) is 26.2 Å². The van der Waals surface area contributed by atoms with E-state index in [0.717, 1.165) is 16.9 Å². The quantitative estimate of drug-likeness (QED) is 0.912. The number of hydrogen-bond donors (Lipinski definition) is 1. The smallest absolute Gasteiger partial charge is 0.324 e. The van der Waals surface area contributed by atoms with Gasteiger partial charge in [-0.1, -0.05) is 29.8 Å². The fourth-order valence-electron chi connectivity index (χ4n) is 3.06. The molecule has 0 radical (unpaired) electrons. The Kier molecular flexibility index (Phi) is 4.52. The average Bonchev–Trinajstić information content (AvgIpc) is 3.01. The number of urea groups is 1. The van der Waals surface area contributed by atoms with E-state index in [1.165, 1.54) is 0 Å². The van der Waals surface area contributed by atoms with E-state index in [4.69, 9.17) is 11.6 Å². The molecule has 1 aromatic carbocycles. The number of carbonyl (C=O) groups excluding carboxylic acids is 3. The summed E-state index contributed by atoms with van der Waals surface area (Å²) in [7, 11) is 0. The Morgan fingerprint density at radius 1 is 1.30 bits per heavy atom. The SMILES string of the molecule is O=C(CN1C(=O)CCNC1=O)N1CCC(c2ccccc2Cl)C1. The van der Waals surface area contributed by atoms with E-state index in [1.54, 1.807) is 4.90 Å². The van der Waals surface area contributed by atoms with Crippen LogP contribution in [0.1, 0.15) is 24.3 Å². The molecule has 2 saturated heterocycles. The first kappa shape index (κ1) is 15.8. The molecule has 1 atom stereocenters. The van der Waals surface area contributed by atoms with Crippen LogP contribution in [0.3, 0.4) is 0 Å². The van der Waals surface area contributed by atoms with Gasteiger partial charge in [0.1, 0.15) is 6.54 Å². The highest BCUT2D eigenvalue weighted by molar-refractivity contribution is 6.31. The van der Waals surface area contributed by atoms with Crippen LogP contribution in [-0.4, -0.2) is 53.8 Å². The molecule has 1 N–H and O–H groups in total. The van der Waals surface area contributed by atoms with Gasteiger partial charge in [0.25, 0.3) is 0 Å². The Morgan fingerprint density at radius 2 is 2.09 bits per heavy atom. The number of likely N-dealkylation sites (tertiary alicyclic amines) is 1. The lowest BCUT2D eigenvalue weighted by Crippen LogP contribution is -2.53. The molecule has 2 heterocycles. The van der Waals surface area contributed by atoms with Crippen molar-refractivity contribution in [3.63, 3.8) is 0 Å². The van der Waals surface area contributed by atoms with Crippen LogP contribution >= 0.6 is 11.6 Å². The van der Waals surface area contributed by atoms with Crippen LogP contribution in [0.15, 0.2) is 24.3 Å². The maximum Gasteiger partial charge on any atom is 0.324 e. The summed E-state index contributed by atoms with van der Waals surface area (Å²) in [5.41, 5.74) is 1.04. The molecule has 0 aliphatic carbocycles. The first-order valence-electron chi connectivity index (χ1n) is 7.66. The van der Waals surface area contributed by atoms with Crippen LogP contribution < -0.4 is 5.32 Å². The molecule has 1 aromatic rings. The number of hydrogen-bond acceptors (Lipinski definition) is 3. The minimum atomic E-state index is -0.489. The topological polar surface area (TPSA) is 69.7 Å². The molecular weight excluding hydrogens is 318 g/mol. The molecule has 23 heavy (non-hydrogen) atoms. The minimum absolute atomic E-state index is 0.193. The molecule has 0 aromatic heterocycles. The summed E-state index contributed by atoms with van der Waals surface area (Å²) in [6.07, 6.45) is 1.07. The second-order valence-electron chi connectivity index (χ2n) is 5.81. The second kappa shape index (κ2) is 6.58. The van der Waals surface area contributed by atoms with E-state index >= 15 is 0 Å². The lowest BCUT2D eigenvalue weighted by molar-refractivity contribution is -0.138. The van der Waals surface area contributed by atoms with E-state index in [1.807, 2.05) is 24.3 Å². The van der Waals surface area contributed by atoms with Crippen molar-refractivity contribution >= 4 is 29.4 Å². The fraction of sp³-hybridized carbons (Fsp3) is 0.438. The second-order valence-corrected chi connectivity index (χ2v) is 6.22. The highest BCUT2D eigenvalue weighted by atomic mass is 35.5. The number of amides is 4. The van der Waals surface area contributed by atoms with Crippen LogP contribution in [0.4, 0.5) is 4.79 Å². The molecule has 0 spiro atoms. The Morgan fingerprint density at radius 3 is 2.83 bits per heavy atom. The van der Waals surface area contributed by atoms with Gasteiger partial charge in [-0.2, -0.15) is 0 Å². The number of nitrogens with zero attached hydrogens (tertiary/aromatic N) is 2. The van der Waals surface area contributed by atoms with Crippen molar-refractivity contribution in [2.24, 2.45) is 0 Å². The van der Waals surface area contributed by atoms with Crippen molar-refractivity contribution < 1.29 is 14.4 Å². The molecule has 2 aliphatic heterocycles. The maximum atomic E-state index is 12.4. The minimum Gasteiger partial charge on any atom is -0.341 e. The third kappa shape index (κ3) is 3.32. The fourth-order valence-corrected chi connectivity index (χ4v) is 3.35. The predicted octanol–water partition coefficient (Wildman–Crippen LogP) is 1.60. The van der Waals surface area contributed by atoms with Crippen molar-refractivity contribution in [3.05, 3.63) is 34.9 Å². The van der Waals surface area contributed by atoms with Crippen LogP contribution in [0.25, 0.3) is 0 Å². The summed E-state index contributed by atoms with van der Waals surface area (Å²) < 4.78 is 0. The van der Waals surface area contributed by atoms with Gasteiger partial charge in [0.05, 0.1) is 0 Å². The van der Waals surface area contributed by atoms with Crippen LogP contribution in [0.2, 0.25) is 5.02 Å². The Balaban J connectivity index is 1.62. The first-order chi connectivity index (χ1) is 11.1. The van der Waals surface area contributed by atoms with Gasteiger partial charge < -0.3 is 10.2 Å². The largest absolute Gasteiger partial charge is 0.341 e. The van der Waals surface area contributed by atoms with Gasteiger partial charge in [-0.15, -0.1) is 0 Å². The first-order valence-corrected chi connectivity index (χ1v) is 8.04. The standard InChI is InChI=1S/C16H18ClN3O3/c17-13-4-2-1-3-12(13)11-6-8-19(9-11)15(22)10-20-14(21)5-7-18-16(20)23/h1-4,11H,5-10H2,(H,18,23). The summed E-state index contributed by atoms with van der Waals surface area (Å²) in [4.78, 5) is 38.5. The van der Waals surface area contributed by atoms with E-state index in [-0.39, 0.29) is 30.7 Å². The van der Waals surface area contributed by atoms with Crippen molar-refractivity contribution in [2.45, 2.75) is 18.8 Å². The summed E-state index contributed by atoms with van der Waals surface area (Å²) in [6.45, 7) is 1.31. The van der Waals surface area contributed by atoms with E-state index in [0.29, 0.717) is 24.7 Å². The summed E-state index contributed by atoms with van der Waals surface area (Å²) in [5, 5.41) is 3.28. The molecule has 2 fully saturated rings. The van der Waals surface area contributed by atoms with Gasteiger partial charge in [-0.25, -0.2) is 4.79 Å². The highest BCUT2D eigenvalue weighted by Crippen LogP contribution is 2.31. The summed E-state index contributed by atoms with van der Waals surface area (Å²) in [5.74, 6) is -0.313. The normalized spacial score (nSPS) is 21.5. The Hall–Kier alpha value is -2.08. The van der Waals surface area contributed by atoms with Crippen LogP contribution in [0.5, 0.6) is 0 Å². The average molecular weight is 336 g/mol. The molecule has 7 heteroatoms. The number of imide groups is 1. The molecule has 1 unspecified atom stereocenters. The number of nitrogens with one attached hydrogen (secondary N) is 1. The summed E-state index contributed by atoms with van der Waals surface area (Å²) >= 11 is 6.22. The lowest BCUT2D eigenvalue weighted by Gasteiger charge is -2.27. The molecule has 3 rings (SSSR count). The van der Waals surface area contributed by atoms with Gasteiger partial charge >= 0.3 is 6.03 Å². The number of rotatable bonds is 3. The highest BCUT2D eigenvalue weighted by Gasteiger charge is 2.33. The lowest BCUT2D eigenvalue weighted by atomic mass is 9.98. The molecule has 0 bridgehead atoms. The maximum absolute atomic E-state index is 12.4. The number of benzene rings is 1. The number of carbonyl (C=O) groups is 3. The van der Waals surface area contributed by atoms with Gasteiger partial charge in [0, 0.05) is 37.0 Å². The Bertz CT molecular complexity index is 633. The molecule has 6 nitrogen and oxygen atoms in total. The van der Waals surface area contributed by atoms with Crippen molar-refractivity contribution in [1.29, 1.82) is 0 Å².